The third-order valence-corrected chi connectivity index (χ3v) is 0.963. The average Bonchev–Trinajstić information content (AvgIpc) is 1.82. The van der Waals surface area contributed by atoms with Gasteiger partial charge in [0.25, 0.3) is 0 Å². The number of hydrogen-bond acceptors (Lipinski definition) is 3. The zero-order valence-corrected chi connectivity index (χ0v) is 6.18. The van der Waals surface area contributed by atoms with Crippen LogP contribution in [0.1, 0.15) is 20.8 Å². The molecule has 0 aromatic carbocycles. The van der Waals surface area contributed by atoms with Gasteiger partial charge >= 0.3 is 5.97 Å². The summed E-state index contributed by atoms with van der Waals surface area (Å²) in [6.45, 7) is 6.77. The maximum absolute atomic E-state index is 10.3. The molecular weight excluding hydrogens is 118 g/mol. The van der Waals surface area contributed by atoms with E-state index < -0.39 is 0 Å². The molecule has 0 radical (unpaired) electrons. The van der Waals surface area contributed by atoms with E-state index in [9.17, 15) is 4.79 Å². The van der Waals surface area contributed by atoms with Gasteiger partial charge in [0, 0.05) is 20.0 Å². The van der Waals surface area contributed by atoms with Crippen LogP contribution in [0, 0.1) is 0 Å². The van der Waals surface area contributed by atoms with E-state index in [2.05, 4.69) is 0 Å². The third-order valence-electron chi connectivity index (χ3n) is 0.963. The highest BCUT2D eigenvalue weighted by Crippen LogP contribution is 1.87. The van der Waals surface area contributed by atoms with Gasteiger partial charge < -0.3 is 4.84 Å². The molecule has 0 atom stereocenters. The van der Waals surface area contributed by atoms with Gasteiger partial charge in [-0.05, 0) is 13.8 Å². The monoisotopic (exact) mass is 131 g/mol. The smallest absolute Gasteiger partial charge is 0.322 e. The van der Waals surface area contributed by atoms with Crippen LogP contribution >= 0.6 is 0 Å². The molecule has 0 unspecified atom stereocenters. The van der Waals surface area contributed by atoms with Gasteiger partial charge in [0.15, 0.2) is 0 Å². The molecule has 0 heterocycles. The van der Waals surface area contributed by atoms with Crippen molar-refractivity contribution in [1.29, 1.82) is 0 Å². The molecule has 3 heteroatoms. The maximum atomic E-state index is 10.3. The van der Waals surface area contributed by atoms with E-state index >= 15 is 0 Å². The second kappa shape index (κ2) is 4.32. The minimum atomic E-state index is -0.251. The molecule has 0 rings (SSSR count). The van der Waals surface area contributed by atoms with Gasteiger partial charge in [0.1, 0.15) is 0 Å². The number of carbonyl (C=O) groups is 1. The van der Waals surface area contributed by atoms with Crippen LogP contribution in [0.3, 0.4) is 0 Å². The lowest BCUT2D eigenvalue weighted by Gasteiger charge is -2.15. The molecule has 0 saturated carbocycles. The minimum absolute atomic E-state index is 0.251. The van der Waals surface area contributed by atoms with E-state index in [1.54, 1.807) is 5.06 Å². The zero-order chi connectivity index (χ0) is 7.28. The summed E-state index contributed by atoms with van der Waals surface area (Å²) < 4.78 is 0. The quantitative estimate of drug-likeness (QED) is 0.531. The van der Waals surface area contributed by atoms with E-state index in [1.165, 1.54) is 6.92 Å². The van der Waals surface area contributed by atoms with Crippen LogP contribution < -0.4 is 0 Å². The second-order valence-electron chi connectivity index (χ2n) is 1.70. The summed E-state index contributed by atoms with van der Waals surface area (Å²) in [6.07, 6.45) is 0. The highest BCUT2D eigenvalue weighted by molar-refractivity contribution is 5.65. The van der Waals surface area contributed by atoms with E-state index in [0.29, 0.717) is 0 Å². The molecule has 0 saturated heterocycles. The van der Waals surface area contributed by atoms with E-state index in [1.807, 2.05) is 13.8 Å². The standard InChI is InChI=1S/C6H13NO2/c1-4-7(5-2)9-6(3)8/h4-5H2,1-3H3. The molecule has 0 spiro atoms. The van der Waals surface area contributed by atoms with Gasteiger partial charge in [-0.15, -0.1) is 5.06 Å². The Morgan fingerprint density at radius 1 is 1.44 bits per heavy atom. The number of rotatable bonds is 3. The summed E-state index contributed by atoms with van der Waals surface area (Å²) >= 11 is 0. The number of carbonyl (C=O) groups excluding carboxylic acids is 1. The number of hydroxylamine groups is 2. The number of hydrogen-bond donors (Lipinski definition) is 0. The van der Waals surface area contributed by atoms with Gasteiger partial charge in [0.2, 0.25) is 0 Å². The van der Waals surface area contributed by atoms with Crippen molar-refractivity contribution in [3.05, 3.63) is 0 Å². The molecule has 9 heavy (non-hydrogen) atoms. The lowest BCUT2D eigenvalue weighted by molar-refractivity contribution is -0.185. The molecule has 3 nitrogen and oxygen atoms in total. The van der Waals surface area contributed by atoms with E-state index in [-0.39, 0.29) is 5.97 Å². The topological polar surface area (TPSA) is 29.5 Å². The molecular formula is C6H13NO2. The number of nitrogens with zero attached hydrogens (tertiary/aromatic N) is 1. The van der Waals surface area contributed by atoms with Crippen LogP contribution in [0.25, 0.3) is 0 Å². The first kappa shape index (κ1) is 8.43. The van der Waals surface area contributed by atoms with E-state index in [0.717, 1.165) is 13.1 Å². The molecule has 0 aliphatic heterocycles. The van der Waals surface area contributed by atoms with Crippen LogP contribution in [0.5, 0.6) is 0 Å². The Morgan fingerprint density at radius 3 is 2.00 bits per heavy atom. The predicted octanol–water partition coefficient (Wildman–Crippen LogP) is 0.806. The molecule has 0 aliphatic rings. The van der Waals surface area contributed by atoms with Gasteiger partial charge in [-0.1, -0.05) is 0 Å². The fourth-order valence-electron chi connectivity index (χ4n) is 0.535. The Labute approximate surface area is 55.6 Å². The van der Waals surface area contributed by atoms with Crippen molar-refractivity contribution in [1.82, 2.24) is 5.06 Å². The van der Waals surface area contributed by atoms with Crippen molar-refractivity contribution in [3.63, 3.8) is 0 Å². The molecule has 0 amide bonds. The van der Waals surface area contributed by atoms with Gasteiger partial charge in [-0.25, -0.2) is 0 Å². The van der Waals surface area contributed by atoms with Gasteiger partial charge in [-0.3, -0.25) is 4.79 Å². The average molecular weight is 131 g/mol. The normalized spacial score (nSPS) is 9.78. The Hall–Kier alpha value is -0.570. The molecule has 0 N–H and O–H groups in total. The van der Waals surface area contributed by atoms with Crippen molar-refractivity contribution in [2.75, 3.05) is 13.1 Å². The summed E-state index contributed by atoms with van der Waals surface area (Å²) in [7, 11) is 0. The van der Waals surface area contributed by atoms with Crippen molar-refractivity contribution in [3.8, 4) is 0 Å². The van der Waals surface area contributed by atoms with Crippen LogP contribution in [0.2, 0.25) is 0 Å². The largest absolute Gasteiger partial charge is 0.368 e. The highest BCUT2D eigenvalue weighted by Gasteiger charge is 2.00. The van der Waals surface area contributed by atoms with Crippen molar-refractivity contribution >= 4 is 5.97 Å². The van der Waals surface area contributed by atoms with Crippen LogP contribution in [-0.2, 0) is 9.63 Å². The maximum Gasteiger partial charge on any atom is 0.322 e. The molecule has 0 aromatic heterocycles. The highest BCUT2D eigenvalue weighted by atomic mass is 16.7. The third kappa shape index (κ3) is 3.97. The first-order valence-corrected chi connectivity index (χ1v) is 3.14. The molecule has 0 aromatic rings. The fraction of sp³-hybridized carbons (Fsp3) is 0.833. The minimum Gasteiger partial charge on any atom is -0.368 e. The SMILES string of the molecule is CCN(CC)OC(C)=O. The van der Waals surface area contributed by atoms with Crippen molar-refractivity contribution in [2.45, 2.75) is 20.8 Å². The first-order chi connectivity index (χ1) is 4.20. The zero-order valence-electron chi connectivity index (χ0n) is 6.18. The molecule has 0 aliphatic carbocycles. The van der Waals surface area contributed by atoms with Crippen LogP contribution in [0.4, 0.5) is 0 Å². The van der Waals surface area contributed by atoms with Crippen LogP contribution in [-0.4, -0.2) is 24.1 Å². The summed E-state index contributed by atoms with van der Waals surface area (Å²) in [5, 5.41) is 1.60. The summed E-state index contributed by atoms with van der Waals surface area (Å²) in [6, 6.07) is 0. The fourth-order valence-corrected chi connectivity index (χ4v) is 0.535. The lowest BCUT2D eigenvalue weighted by atomic mass is 10.6. The van der Waals surface area contributed by atoms with Crippen molar-refractivity contribution < 1.29 is 9.63 Å². The van der Waals surface area contributed by atoms with Crippen molar-refractivity contribution in [2.24, 2.45) is 0 Å². The lowest BCUT2D eigenvalue weighted by Crippen LogP contribution is -2.25. The molecule has 54 valence electrons. The summed E-state index contributed by atoms with van der Waals surface area (Å²) in [4.78, 5) is 15.1. The van der Waals surface area contributed by atoms with Gasteiger partial charge in [-0.2, -0.15) is 0 Å². The van der Waals surface area contributed by atoms with E-state index in [4.69, 9.17) is 4.84 Å². The first-order valence-electron chi connectivity index (χ1n) is 3.14. The Balaban J connectivity index is 3.43. The summed E-state index contributed by atoms with van der Waals surface area (Å²) in [5.74, 6) is -0.251. The second-order valence-corrected chi connectivity index (χ2v) is 1.70. The van der Waals surface area contributed by atoms with Crippen LogP contribution in [0.15, 0.2) is 0 Å². The molecule has 0 fully saturated rings. The molecule has 0 bridgehead atoms. The Kier molecular flexibility index (Phi) is 4.05. The predicted molar refractivity (Wildman–Crippen MR) is 34.7 cm³/mol. The van der Waals surface area contributed by atoms with Gasteiger partial charge in [0.05, 0.1) is 0 Å². The Bertz CT molecular complexity index is 89.1. The Morgan fingerprint density at radius 2 is 1.89 bits per heavy atom. The summed E-state index contributed by atoms with van der Waals surface area (Å²) in [5.41, 5.74) is 0.